The maximum atomic E-state index is 12.4. The number of H-pyrrole nitrogens is 1. The molecule has 158 valence electrons. The van der Waals surface area contributed by atoms with E-state index in [9.17, 15) is 14.4 Å². The van der Waals surface area contributed by atoms with E-state index in [4.69, 9.17) is 0 Å². The molecule has 0 fully saturated rings. The fourth-order valence-corrected chi connectivity index (χ4v) is 3.08. The van der Waals surface area contributed by atoms with Gasteiger partial charge >= 0.3 is 5.69 Å². The second-order valence-electron chi connectivity index (χ2n) is 7.13. The minimum atomic E-state index is -0.569. The Labute approximate surface area is 172 Å². The number of benzene rings is 1. The summed E-state index contributed by atoms with van der Waals surface area (Å²) in [5.74, 6) is 0.165. The van der Waals surface area contributed by atoms with Crippen molar-refractivity contribution in [3.05, 3.63) is 56.5 Å². The van der Waals surface area contributed by atoms with Gasteiger partial charge in [0, 0.05) is 33.3 Å². The molecule has 2 heterocycles. The first-order valence-corrected chi connectivity index (χ1v) is 9.59. The molecule has 0 bridgehead atoms. The lowest BCUT2D eigenvalue weighted by molar-refractivity contribution is -0.121. The molecule has 0 aliphatic carbocycles. The van der Waals surface area contributed by atoms with E-state index in [1.807, 2.05) is 50.2 Å². The maximum absolute atomic E-state index is 12.4. The summed E-state index contributed by atoms with van der Waals surface area (Å²) in [5.41, 5.74) is 3.71. The van der Waals surface area contributed by atoms with Crippen LogP contribution in [-0.2, 0) is 24.8 Å². The second-order valence-corrected chi connectivity index (χ2v) is 7.13. The van der Waals surface area contributed by atoms with Crippen LogP contribution in [0.3, 0.4) is 0 Å². The molecule has 0 saturated carbocycles. The van der Waals surface area contributed by atoms with Crippen LogP contribution in [0.15, 0.2) is 39.0 Å². The Balaban J connectivity index is 1.80. The van der Waals surface area contributed by atoms with Gasteiger partial charge in [0.05, 0.1) is 6.21 Å². The van der Waals surface area contributed by atoms with Gasteiger partial charge in [0.25, 0.3) is 11.5 Å². The number of imidazole rings is 1. The quantitative estimate of drug-likeness (QED) is 0.436. The summed E-state index contributed by atoms with van der Waals surface area (Å²) in [6.45, 7) is 1.84. The van der Waals surface area contributed by atoms with Crippen LogP contribution in [-0.4, -0.2) is 45.3 Å². The van der Waals surface area contributed by atoms with Gasteiger partial charge in [-0.1, -0.05) is 19.1 Å². The number of fused-ring (bicyclic) bond motifs is 1. The number of aryl methyl sites for hydroxylation is 2. The molecule has 0 spiro atoms. The van der Waals surface area contributed by atoms with Crippen LogP contribution in [0.2, 0.25) is 0 Å². The molecule has 0 atom stereocenters. The topological polar surface area (TPSA) is 117 Å². The molecule has 3 rings (SSSR count). The van der Waals surface area contributed by atoms with Gasteiger partial charge in [-0.15, -0.1) is 0 Å². The molecule has 1 amide bonds. The molecule has 10 nitrogen and oxygen atoms in total. The summed E-state index contributed by atoms with van der Waals surface area (Å²) >= 11 is 0. The lowest BCUT2D eigenvalue weighted by Gasteiger charge is -2.11. The van der Waals surface area contributed by atoms with Gasteiger partial charge in [-0.25, -0.2) is 15.2 Å². The van der Waals surface area contributed by atoms with Crippen LogP contribution in [0.4, 0.5) is 5.69 Å². The molecule has 2 N–H and O–H groups in total. The number of carbonyl (C=O) groups excluding carboxylic acids is 1. The van der Waals surface area contributed by atoms with Crippen molar-refractivity contribution in [3.63, 3.8) is 0 Å². The molecule has 1 aromatic carbocycles. The van der Waals surface area contributed by atoms with Gasteiger partial charge in [-0.2, -0.15) is 5.10 Å². The molecule has 0 radical (unpaired) electrons. The number of hydrogen-bond donors (Lipinski definition) is 2. The van der Waals surface area contributed by atoms with Crippen molar-refractivity contribution in [1.29, 1.82) is 0 Å². The molecular formula is C20H25N7O3. The average Bonchev–Trinajstić information content (AvgIpc) is 3.05. The molecular weight excluding hydrogens is 386 g/mol. The normalized spacial score (nSPS) is 11.3. The highest BCUT2D eigenvalue weighted by Gasteiger charge is 2.18. The highest BCUT2D eigenvalue weighted by molar-refractivity contribution is 5.83. The Morgan fingerprint density at radius 3 is 2.60 bits per heavy atom. The molecule has 0 aliphatic heterocycles. The van der Waals surface area contributed by atoms with Crippen molar-refractivity contribution in [2.45, 2.75) is 26.3 Å². The van der Waals surface area contributed by atoms with Crippen molar-refractivity contribution in [2.24, 2.45) is 12.1 Å². The lowest BCUT2D eigenvalue weighted by atomic mass is 10.2. The summed E-state index contributed by atoms with van der Waals surface area (Å²) in [7, 11) is 5.44. The Morgan fingerprint density at radius 2 is 1.97 bits per heavy atom. The summed E-state index contributed by atoms with van der Waals surface area (Å²) in [5, 5.41) is 3.99. The predicted molar refractivity (Wildman–Crippen MR) is 116 cm³/mol. The van der Waals surface area contributed by atoms with Gasteiger partial charge in [-0.3, -0.25) is 19.1 Å². The van der Waals surface area contributed by atoms with E-state index < -0.39 is 17.2 Å². The van der Waals surface area contributed by atoms with Crippen LogP contribution in [0, 0.1) is 0 Å². The SMILES string of the molecule is CCCc1nc2c(c(=O)[nH]c(=O)n2C)n1CC(=O)N/N=C/c1ccc(N(C)C)cc1. The van der Waals surface area contributed by atoms with E-state index in [0.717, 1.165) is 17.7 Å². The van der Waals surface area contributed by atoms with E-state index in [1.54, 1.807) is 6.21 Å². The number of aromatic amines is 1. The first kappa shape index (κ1) is 21.0. The standard InChI is InChI=1S/C20H25N7O3/c1-5-6-15-22-18-17(19(29)23-20(30)26(18)4)27(15)12-16(28)24-21-11-13-7-9-14(10-8-13)25(2)3/h7-11H,5-6,12H2,1-4H3,(H,24,28)(H,23,29,30)/b21-11+. The number of hydrazone groups is 1. The van der Waals surface area contributed by atoms with Crippen molar-refractivity contribution in [3.8, 4) is 0 Å². The van der Waals surface area contributed by atoms with Gasteiger partial charge in [0.1, 0.15) is 12.4 Å². The lowest BCUT2D eigenvalue weighted by Crippen LogP contribution is -2.30. The monoisotopic (exact) mass is 411 g/mol. The molecule has 0 aliphatic rings. The maximum Gasteiger partial charge on any atom is 0.329 e. The summed E-state index contributed by atoms with van der Waals surface area (Å²) in [4.78, 5) is 45.3. The fraction of sp³-hybridized carbons (Fsp3) is 0.350. The number of rotatable bonds is 7. The van der Waals surface area contributed by atoms with E-state index >= 15 is 0 Å². The zero-order chi connectivity index (χ0) is 21.8. The van der Waals surface area contributed by atoms with E-state index in [1.165, 1.54) is 16.2 Å². The third kappa shape index (κ3) is 4.32. The minimum absolute atomic E-state index is 0.135. The van der Waals surface area contributed by atoms with Crippen molar-refractivity contribution < 1.29 is 4.79 Å². The van der Waals surface area contributed by atoms with Gasteiger partial charge in [0.15, 0.2) is 11.2 Å². The zero-order valence-electron chi connectivity index (χ0n) is 17.5. The average molecular weight is 411 g/mol. The summed E-state index contributed by atoms with van der Waals surface area (Å²) < 4.78 is 2.80. The number of amides is 1. The van der Waals surface area contributed by atoms with E-state index in [-0.39, 0.29) is 17.7 Å². The van der Waals surface area contributed by atoms with Gasteiger partial charge < -0.3 is 9.47 Å². The molecule has 2 aromatic heterocycles. The smallest absolute Gasteiger partial charge is 0.329 e. The van der Waals surface area contributed by atoms with Crippen LogP contribution < -0.4 is 21.6 Å². The Bertz CT molecular complexity index is 1200. The molecule has 0 saturated heterocycles. The van der Waals surface area contributed by atoms with Crippen LogP contribution in [0.1, 0.15) is 24.7 Å². The number of anilines is 1. The molecule has 3 aromatic rings. The van der Waals surface area contributed by atoms with Crippen molar-refractivity contribution in [1.82, 2.24) is 24.5 Å². The van der Waals surface area contributed by atoms with Gasteiger partial charge in [-0.05, 0) is 24.1 Å². The third-order valence-electron chi connectivity index (χ3n) is 4.67. The second kappa shape index (κ2) is 8.76. The largest absolute Gasteiger partial charge is 0.378 e. The Hall–Kier alpha value is -3.69. The fourth-order valence-electron chi connectivity index (χ4n) is 3.08. The van der Waals surface area contributed by atoms with Crippen molar-refractivity contribution in [2.75, 3.05) is 19.0 Å². The Kier molecular flexibility index (Phi) is 6.14. The number of carbonyl (C=O) groups is 1. The molecule has 30 heavy (non-hydrogen) atoms. The number of nitrogens with zero attached hydrogens (tertiary/aromatic N) is 5. The minimum Gasteiger partial charge on any atom is -0.378 e. The van der Waals surface area contributed by atoms with Crippen LogP contribution in [0.5, 0.6) is 0 Å². The zero-order valence-corrected chi connectivity index (χ0v) is 17.5. The highest BCUT2D eigenvalue weighted by Crippen LogP contribution is 2.13. The molecule has 10 heteroatoms. The first-order chi connectivity index (χ1) is 14.3. The highest BCUT2D eigenvalue weighted by atomic mass is 16.2. The van der Waals surface area contributed by atoms with Crippen LogP contribution in [0.25, 0.3) is 11.2 Å². The molecule has 0 unspecified atom stereocenters. The number of hydrogen-bond acceptors (Lipinski definition) is 6. The predicted octanol–water partition coefficient (Wildman–Crippen LogP) is 0.592. The van der Waals surface area contributed by atoms with Gasteiger partial charge in [0.2, 0.25) is 0 Å². The summed E-state index contributed by atoms with van der Waals surface area (Å²) in [6.07, 6.45) is 2.89. The van der Waals surface area contributed by atoms with Crippen molar-refractivity contribution >= 4 is 29.0 Å². The van der Waals surface area contributed by atoms with Crippen LogP contribution >= 0.6 is 0 Å². The summed E-state index contributed by atoms with van der Waals surface area (Å²) in [6, 6.07) is 7.70. The third-order valence-corrected chi connectivity index (χ3v) is 4.67. The number of nitrogens with one attached hydrogen (secondary N) is 2. The number of aromatic nitrogens is 4. The van der Waals surface area contributed by atoms with E-state index in [0.29, 0.717) is 12.2 Å². The Morgan fingerprint density at radius 1 is 1.27 bits per heavy atom. The van der Waals surface area contributed by atoms with E-state index in [2.05, 4.69) is 20.5 Å². The first-order valence-electron chi connectivity index (χ1n) is 9.59.